The van der Waals surface area contributed by atoms with Gasteiger partial charge in [0.25, 0.3) is 5.89 Å². The third-order valence-electron chi connectivity index (χ3n) is 3.74. The summed E-state index contributed by atoms with van der Waals surface area (Å²) in [7, 11) is 0. The molecule has 5 nitrogen and oxygen atoms in total. The average Bonchev–Trinajstić information content (AvgIpc) is 3.41. The first kappa shape index (κ1) is 16.7. The molecule has 3 heterocycles. The van der Waals surface area contributed by atoms with Crippen molar-refractivity contribution >= 4 is 28.6 Å². The number of nitrogens with one attached hydrogen (secondary N) is 1. The Balaban J connectivity index is 1.39. The zero-order valence-corrected chi connectivity index (χ0v) is 15.3. The monoisotopic (exact) mass is 381 g/mol. The topological polar surface area (TPSA) is 68.0 Å². The standard InChI is InChI=1S/C19H15N3O2S2/c23-17(10-13-8-9-25-12-13)20-11-15-6-7-16(26-15)19-21-18(22-24-19)14-4-2-1-3-5-14/h1-9,12H,10-11H2,(H,20,23). The lowest BCUT2D eigenvalue weighted by Gasteiger charge is -2.02. The van der Waals surface area contributed by atoms with Crippen LogP contribution in [0.25, 0.3) is 22.2 Å². The SMILES string of the molecule is O=C(Cc1ccsc1)NCc1ccc(-c2nc(-c3ccccc3)no2)s1. The predicted molar refractivity (Wildman–Crippen MR) is 103 cm³/mol. The van der Waals surface area contributed by atoms with Crippen LogP contribution in [0.5, 0.6) is 0 Å². The highest BCUT2D eigenvalue weighted by molar-refractivity contribution is 7.15. The maximum Gasteiger partial charge on any atom is 0.268 e. The molecule has 0 unspecified atom stereocenters. The summed E-state index contributed by atoms with van der Waals surface area (Å²) < 4.78 is 5.38. The minimum Gasteiger partial charge on any atom is -0.351 e. The molecule has 0 bridgehead atoms. The Kier molecular flexibility index (Phi) is 4.90. The Morgan fingerprint density at radius 2 is 2.00 bits per heavy atom. The van der Waals surface area contributed by atoms with Crippen molar-refractivity contribution in [1.29, 1.82) is 0 Å². The van der Waals surface area contributed by atoms with Gasteiger partial charge in [-0.3, -0.25) is 4.79 Å². The van der Waals surface area contributed by atoms with E-state index in [2.05, 4.69) is 15.5 Å². The van der Waals surface area contributed by atoms with E-state index in [-0.39, 0.29) is 5.91 Å². The number of carbonyl (C=O) groups excluding carboxylic acids is 1. The summed E-state index contributed by atoms with van der Waals surface area (Å²) in [5, 5.41) is 10.9. The van der Waals surface area contributed by atoms with Gasteiger partial charge in [0.15, 0.2) is 0 Å². The van der Waals surface area contributed by atoms with Crippen LogP contribution in [0.3, 0.4) is 0 Å². The number of thiophene rings is 2. The number of hydrogen-bond acceptors (Lipinski definition) is 6. The van der Waals surface area contributed by atoms with Crippen LogP contribution in [0.2, 0.25) is 0 Å². The van der Waals surface area contributed by atoms with E-state index in [4.69, 9.17) is 4.52 Å². The molecule has 4 aromatic rings. The number of nitrogens with zero attached hydrogens (tertiary/aromatic N) is 2. The number of hydrogen-bond donors (Lipinski definition) is 1. The van der Waals surface area contributed by atoms with Crippen LogP contribution in [0.4, 0.5) is 0 Å². The minimum absolute atomic E-state index is 0.0162. The van der Waals surface area contributed by atoms with Gasteiger partial charge in [-0.05, 0) is 34.5 Å². The van der Waals surface area contributed by atoms with Crippen molar-refractivity contribution in [3.63, 3.8) is 0 Å². The third kappa shape index (κ3) is 3.89. The summed E-state index contributed by atoms with van der Waals surface area (Å²) in [5.41, 5.74) is 1.96. The summed E-state index contributed by atoms with van der Waals surface area (Å²) in [6.45, 7) is 0.493. The Labute approximate surface area is 158 Å². The summed E-state index contributed by atoms with van der Waals surface area (Å²) in [4.78, 5) is 18.4. The van der Waals surface area contributed by atoms with Crippen LogP contribution in [-0.4, -0.2) is 16.0 Å². The zero-order chi connectivity index (χ0) is 17.8. The van der Waals surface area contributed by atoms with Crippen LogP contribution in [0.1, 0.15) is 10.4 Å². The van der Waals surface area contributed by atoms with E-state index in [9.17, 15) is 4.79 Å². The van der Waals surface area contributed by atoms with Crippen LogP contribution in [-0.2, 0) is 17.8 Å². The fraction of sp³-hybridized carbons (Fsp3) is 0.105. The molecule has 0 atom stereocenters. The lowest BCUT2D eigenvalue weighted by molar-refractivity contribution is -0.120. The van der Waals surface area contributed by atoms with E-state index in [1.54, 1.807) is 11.3 Å². The summed E-state index contributed by atoms with van der Waals surface area (Å²) >= 11 is 3.13. The Morgan fingerprint density at radius 1 is 1.12 bits per heavy atom. The van der Waals surface area contributed by atoms with Crippen molar-refractivity contribution in [2.45, 2.75) is 13.0 Å². The first-order chi connectivity index (χ1) is 12.8. The molecule has 0 saturated carbocycles. The highest BCUT2D eigenvalue weighted by Crippen LogP contribution is 2.28. The van der Waals surface area contributed by atoms with Crippen LogP contribution >= 0.6 is 22.7 Å². The molecule has 1 N–H and O–H groups in total. The molecule has 0 spiro atoms. The Bertz CT molecular complexity index is 991. The second kappa shape index (κ2) is 7.63. The van der Waals surface area contributed by atoms with E-state index < -0.39 is 0 Å². The second-order valence-corrected chi connectivity index (χ2v) is 7.59. The predicted octanol–water partition coefficient (Wildman–Crippen LogP) is 4.39. The Morgan fingerprint density at radius 3 is 2.81 bits per heavy atom. The summed E-state index contributed by atoms with van der Waals surface area (Å²) in [5.74, 6) is 1.08. The van der Waals surface area contributed by atoms with E-state index in [0.717, 1.165) is 20.9 Å². The van der Waals surface area contributed by atoms with Crippen molar-refractivity contribution < 1.29 is 9.32 Å². The molecule has 4 rings (SSSR count). The Hall–Kier alpha value is -2.77. The number of aromatic nitrogens is 2. The molecule has 1 aromatic carbocycles. The van der Waals surface area contributed by atoms with Gasteiger partial charge in [0.2, 0.25) is 11.7 Å². The normalized spacial score (nSPS) is 10.8. The lowest BCUT2D eigenvalue weighted by atomic mass is 10.2. The fourth-order valence-electron chi connectivity index (χ4n) is 2.44. The highest BCUT2D eigenvalue weighted by atomic mass is 32.1. The first-order valence-electron chi connectivity index (χ1n) is 8.04. The van der Waals surface area contributed by atoms with E-state index in [1.807, 2.05) is 59.3 Å². The van der Waals surface area contributed by atoms with Gasteiger partial charge in [0.1, 0.15) is 0 Å². The van der Waals surface area contributed by atoms with Gasteiger partial charge in [0, 0.05) is 10.4 Å². The quantitative estimate of drug-likeness (QED) is 0.538. The van der Waals surface area contributed by atoms with Gasteiger partial charge in [-0.15, -0.1) is 11.3 Å². The van der Waals surface area contributed by atoms with Crippen molar-refractivity contribution in [3.8, 4) is 22.2 Å². The maximum absolute atomic E-state index is 12.0. The number of rotatable bonds is 6. The van der Waals surface area contributed by atoms with Gasteiger partial charge in [-0.1, -0.05) is 35.5 Å². The minimum atomic E-state index is 0.0162. The molecule has 0 saturated heterocycles. The molecule has 0 radical (unpaired) electrons. The molecule has 1 amide bonds. The first-order valence-corrected chi connectivity index (χ1v) is 9.80. The smallest absolute Gasteiger partial charge is 0.268 e. The van der Waals surface area contributed by atoms with E-state index >= 15 is 0 Å². The van der Waals surface area contributed by atoms with Crippen molar-refractivity contribution in [1.82, 2.24) is 15.5 Å². The van der Waals surface area contributed by atoms with E-state index in [1.165, 1.54) is 11.3 Å². The molecular formula is C19H15N3O2S2. The largest absolute Gasteiger partial charge is 0.351 e. The van der Waals surface area contributed by atoms with Crippen LogP contribution in [0.15, 0.2) is 63.8 Å². The van der Waals surface area contributed by atoms with Gasteiger partial charge in [-0.25, -0.2) is 0 Å². The lowest BCUT2D eigenvalue weighted by Crippen LogP contribution is -2.23. The molecule has 26 heavy (non-hydrogen) atoms. The van der Waals surface area contributed by atoms with Crippen LogP contribution in [0, 0.1) is 0 Å². The molecule has 7 heteroatoms. The molecule has 3 aromatic heterocycles. The van der Waals surface area contributed by atoms with Crippen LogP contribution < -0.4 is 5.32 Å². The van der Waals surface area contributed by atoms with Crippen molar-refractivity contribution in [2.75, 3.05) is 0 Å². The molecular weight excluding hydrogens is 366 g/mol. The molecule has 0 aliphatic carbocycles. The molecule has 0 aliphatic heterocycles. The highest BCUT2D eigenvalue weighted by Gasteiger charge is 2.13. The van der Waals surface area contributed by atoms with E-state index in [0.29, 0.717) is 24.7 Å². The van der Waals surface area contributed by atoms with Gasteiger partial charge in [0.05, 0.1) is 17.8 Å². The zero-order valence-electron chi connectivity index (χ0n) is 13.7. The van der Waals surface area contributed by atoms with Gasteiger partial charge >= 0.3 is 0 Å². The number of carbonyl (C=O) groups is 1. The number of amides is 1. The van der Waals surface area contributed by atoms with Crippen molar-refractivity contribution in [2.24, 2.45) is 0 Å². The third-order valence-corrected chi connectivity index (χ3v) is 5.54. The van der Waals surface area contributed by atoms with Gasteiger partial charge in [-0.2, -0.15) is 16.3 Å². The second-order valence-electron chi connectivity index (χ2n) is 5.64. The van der Waals surface area contributed by atoms with Crippen molar-refractivity contribution in [3.05, 3.63) is 69.7 Å². The van der Waals surface area contributed by atoms with Gasteiger partial charge < -0.3 is 9.84 Å². The average molecular weight is 381 g/mol. The molecule has 130 valence electrons. The summed E-state index contributed by atoms with van der Waals surface area (Å²) in [6.07, 6.45) is 0.409. The molecule has 0 fully saturated rings. The number of benzene rings is 1. The summed E-state index contributed by atoms with van der Waals surface area (Å²) in [6, 6.07) is 15.6. The maximum atomic E-state index is 12.0. The molecule has 0 aliphatic rings. The fourth-order valence-corrected chi connectivity index (χ4v) is 3.98.